The third-order valence-electron chi connectivity index (χ3n) is 4.60. The second kappa shape index (κ2) is 6.48. The van der Waals surface area contributed by atoms with Gasteiger partial charge < -0.3 is 10.1 Å². The molecule has 2 atom stereocenters. The number of ether oxygens (including phenoxy) is 1. The molecule has 1 saturated heterocycles. The number of nitrogens with one attached hydrogen (secondary N) is 1. The van der Waals surface area contributed by atoms with Gasteiger partial charge in [-0.2, -0.15) is 0 Å². The Bertz CT molecular complexity index is 573. The highest BCUT2D eigenvalue weighted by Crippen LogP contribution is 2.21. The molecule has 0 radical (unpaired) electrons. The molecule has 118 valence electrons. The lowest BCUT2D eigenvalue weighted by atomic mass is 9.98. The Morgan fingerprint density at radius 3 is 3.05 bits per heavy atom. The molecule has 2 unspecified atom stereocenters. The lowest BCUT2D eigenvalue weighted by Crippen LogP contribution is -2.46. The second-order valence-electron chi connectivity index (χ2n) is 5.93. The fourth-order valence-corrected chi connectivity index (χ4v) is 3.35. The van der Waals surface area contributed by atoms with Gasteiger partial charge in [0, 0.05) is 19.0 Å². The fraction of sp³-hybridized carbons (Fsp3) is 0.529. The first kappa shape index (κ1) is 15.0. The van der Waals surface area contributed by atoms with Crippen molar-refractivity contribution in [1.82, 2.24) is 10.2 Å². The van der Waals surface area contributed by atoms with E-state index in [0.29, 0.717) is 24.6 Å². The van der Waals surface area contributed by atoms with Crippen LogP contribution in [-0.4, -0.2) is 48.6 Å². The van der Waals surface area contributed by atoms with Crippen LogP contribution in [0.4, 0.5) is 0 Å². The molecule has 0 aliphatic carbocycles. The number of rotatable bonds is 4. The number of carbonyl (C=O) groups is 2. The van der Waals surface area contributed by atoms with Gasteiger partial charge in [0.1, 0.15) is 0 Å². The zero-order valence-electron chi connectivity index (χ0n) is 12.9. The number of benzene rings is 1. The van der Waals surface area contributed by atoms with Crippen molar-refractivity contribution >= 4 is 11.9 Å². The van der Waals surface area contributed by atoms with Gasteiger partial charge in [-0.1, -0.05) is 25.1 Å². The molecule has 0 spiro atoms. The van der Waals surface area contributed by atoms with Gasteiger partial charge in [-0.25, -0.2) is 4.79 Å². The maximum atomic E-state index is 12.3. The fourth-order valence-electron chi connectivity index (χ4n) is 3.35. The average molecular weight is 302 g/mol. The minimum atomic E-state index is -0.709. The van der Waals surface area contributed by atoms with E-state index in [9.17, 15) is 9.59 Å². The van der Waals surface area contributed by atoms with E-state index in [4.69, 9.17) is 4.74 Å². The SMILES string of the molecule is CCN1CCCC1CNC(=O)C1Cc2ccccc2C(=O)O1. The maximum Gasteiger partial charge on any atom is 0.339 e. The smallest absolute Gasteiger partial charge is 0.339 e. The van der Waals surface area contributed by atoms with Gasteiger partial charge in [-0.15, -0.1) is 0 Å². The largest absolute Gasteiger partial charge is 0.448 e. The van der Waals surface area contributed by atoms with Gasteiger partial charge in [0.05, 0.1) is 5.56 Å². The van der Waals surface area contributed by atoms with E-state index in [-0.39, 0.29) is 5.91 Å². The first-order valence-electron chi connectivity index (χ1n) is 7.99. The third kappa shape index (κ3) is 2.99. The van der Waals surface area contributed by atoms with Crippen LogP contribution < -0.4 is 5.32 Å². The van der Waals surface area contributed by atoms with Crippen LogP contribution in [0.3, 0.4) is 0 Å². The van der Waals surface area contributed by atoms with Crippen LogP contribution in [0.2, 0.25) is 0 Å². The first-order chi connectivity index (χ1) is 10.7. The van der Waals surface area contributed by atoms with E-state index in [1.165, 1.54) is 6.42 Å². The molecule has 5 heteroatoms. The van der Waals surface area contributed by atoms with Crippen molar-refractivity contribution in [2.24, 2.45) is 0 Å². The first-order valence-corrected chi connectivity index (χ1v) is 7.99. The molecule has 2 heterocycles. The van der Waals surface area contributed by atoms with Crippen molar-refractivity contribution in [3.63, 3.8) is 0 Å². The topological polar surface area (TPSA) is 58.6 Å². The monoisotopic (exact) mass is 302 g/mol. The van der Waals surface area contributed by atoms with Crippen molar-refractivity contribution in [2.45, 2.75) is 38.3 Å². The molecule has 0 saturated carbocycles. The van der Waals surface area contributed by atoms with Crippen LogP contribution in [0.5, 0.6) is 0 Å². The summed E-state index contributed by atoms with van der Waals surface area (Å²) in [6, 6.07) is 7.71. The predicted molar refractivity (Wildman–Crippen MR) is 82.6 cm³/mol. The van der Waals surface area contributed by atoms with Crippen molar-refractivity contribution in [3.05, 3.63) is 35.4 Å². The molecule has 0 bridgehead atoms. The predicted octanol–water partition coefficient (Wildman–Crippen LogP) is 1.37. The molecular formula is C17H22N2O3. The highest BCUT2D eigenvalue weighted by Gasteiger charge is 2.32. The average Bonchev–Trinajstić information content (AvgIpc) is 3.00. The summed E-state index contributed by atoms with van der Waals surface area (Å²) in [6.45, 7) is 4.87. The molecule has 3 rings (SSSR count). The summed E-state index contributed by atoms with van der Waals surface area (Å²) in [7, 11) is 0. The molecule has 1 fully saturated rings. The van der Waals surface area contributed by atoms with Gasteiger partial charge >= 0.3 is 5.97 Å². The number of fused-ring (bicyclic) bond motifs is 1. The third-order valence-corrected chi connectivity index (χ3v) is 4.60. The van der Waals surface area contributed by atoms with Crippen LogP contribution in [0.25, 0.3) is 0 Å². The van der Waals surface area contributed by atoms with Crippen molar-refractivity contribution in [2.75, 3.05) is 19.6 Å². The number of likely N-dealkylation sites (tertiary alicyclic amines) is 1. The number of cyclic esters (lactones) is 1. The van der Waals surface area contributed by atoms with Crippen molar-refractivity contribution in [1.29, 1.82) is 0 Å². The summed E-state index contributed by atoms with van der Waals surface area (Å²) in [5, 5.41) is 2.95. The minimum Gasteiger partial charge on any atom is -0.448 e. The van der Waals surface area contributed by atoms with Crippen LogP contribution in [0, 0.1) is 0 Å². The number of amides is 1. The van der Waals surface area contributed by atoms with Gasteiger partial charge in [0.15, 0.2) is 6.10 Å². The van der Waals surface area contributed by atoms with E-state index in [1.807, 2.05) is 12.1 Å². The number of nitrogens with zero attached hydrogens (tertiary/aromatic N) is 1. The maximum absolute atomic E-state index is 12.3. The van der Waals surface area contributed by atoms with Crippen LogP contribution >= 0.6 is 0 Å². The number of carbonyl (C=O) groups excluding carboxylic acids is 2. The summed E-state index contributed by atoms with van der Waals surface area (Å²) in [4.78, 5) is 26.6. The Labute approximate surface area is 130 Å². The second-order valence-corrected chi connectivity index (χ2v) is 5.93. The van der Waals surface area contributed by atoms with Crippen molar-refractivity contribution < 1.29 is 14.3 Å². The molecule has 1 aromatic rings. The van der Waals surface area contributed by atoms with E-state index < -0.39 is 12.1 Å². The zero-order valence-corrected chi connectivity index (χ0v) is 12.9. The number of likely N-dealkylation sites (N-methyl/N-ethyl adjacent to an activating group) is 1. The van der Waals surface area contributed by atoms with Gasteiger partial charge in [-0.3, -0.25) is 9.69 Å². The summed E-state index contributed by atoms with van der Waals surface area (Å²) >= 11 is 0. The summed E-state index contributed by atoms with van der Waals surface area (Å²) in [5.74, 6) is -0.594. The van der Waals surface area contributed by atoms with Crippen LogP contribution in [-0.2, 0) is 16.0 Å². The minimum absolute atomic E-state index is 0.189. The number of hydrogen-bond donors (Lipinski definition) is 1. The molecule has 5 nitrogen and oxygen atoms in total. The van der Waals surface area contributed by atoms with E-state index in [2.05, 4.69) is 17.1 Å². The summed E-state index contributed by atoms with van der Waals surface area (Å²) < 4.78 is 5.28. The molecule has 1 aromatic carbocycles. The lowest BCUT2D eigenvalue weighted by Gasteiger charge is -2.26. The highest BCUT2D eigenvalue weighted by atomic mass is 16.5. The highest BCUT2D eigenvalue weighted by molar-refractivity contribution is 5.95. The summed E-state index contributed by atoms with van der Waals surface area (Å²) in [6.07, 6.45) is 2.04. The van der Waals surface area contributed by atoms with E-state index in [0.717, 1.165) is 25.1 Å². The lowest BCUT2D eigenvalue weighted by molar-refractivity contribution is -0.130. The molecule has 2 aliphatic rings. The molecule has 1 amide bonds. The standard InChI is InChI=1S/C17H22N2O3/c1-2-19-9-5-7-13(19)11-18-16(20)15-10-12-6-3-4-8-14(12)17(21)22-15/h3-4,6,8,13,15H,2,5,7,9-11H2,1H3,(H,18,20). The van der Waals surface area contributed by atoms with Gasteiger partial charge in [0.2, 0.25) is 0 Å². The molecule has 0 aromatic heterocycles. The van der Waals surface area contributed by atoms with Gasteiger partial charge in [-0.05, 0) is 37.6 Å². The van der Waals surface area contributed by atoms with E-state index in [1.54, 1.807) is 12.1 Å². The normalized spacial score (nSPS) is 24.7. The van der Waals surface area contributed by atoms with Crippen LogP contribution in [0.15, 0.2) is 24.3 Å². The Morgan fingerprint density at radius 1 is 1.41 bits per heavy atom. The van der Waals surface area contributed by atoms with Crippen molar-refractivity contribution in [3.8, 4) is 0 Å². The van der Waals surface area contributed by atoms with Gasteiger partial charge in [0.25, 0.3) is 5.91 Å². The molecule has 2 aliphatic heterocycles. The quantitative estimate of drug-likeness (QED) is 0.854. The number of hydrogen-bond acceptors (Lipinski definition) is 4. The Kier molecular flexibility index (Phi) is 4.43. The number of esters is 1. The van der Waals surface area contributed by atoms with E-state index >= 15 is 0 Å². The summed E-state index contributed by atoms with van der Waals surface area (Å²) in [5.41, 5.74) is 1.45. The molecule has 22 heavy (non-hydrogen) atoms. The Morgan fingerprint density at radius 2 is 2.23 bits per heavy atom. The molecular weight excluding hydrogens is 280 g/mol. The Hall–Kier alpha value is -1.88. The molecule has 1 N–H and O–H groups in total. The zero-order chi connectivity index (χ0) is 15.5. The Balaban J connectivity index is 1.58. The van der Waals surface area contributed by atoms with Crippen LogP contribution in [0.1, 0.15) is 35.7 Å².